The first-order chi connectivity index (χ1) is 16.7. The van der Waals surface area contributed by atoms with Crippen LogP contribution in [0, 0.1) is 0 Å². The van der Waals surface area contributed by atoms with Crippen LogP contribution < -0.4 is 18.9 Å². The first-order valence-corrected chi connectivity index (χ1v) is 10.6. The van der Waals surface area contributed by atoms with Crippen molar-refractivity contribution in [2.75, 3.05) is 54.6 Å². The van der Waals surface area contributed by atoms with Crippen molar-refractivity contribution in [2.45, 2.75) is 6.54 Å². The van der Waals surface area contributed by atoms with Gasteiger partial charge >= 0.3 is 11.9 Å². The first-order valence-electron chi connectivity index (χ1n) is 10.6. The lowest BCUT2D eigenvalue weighted by Gasteiger charge is -2.35. The van der Waals surface area contributed by atoms with Crippen molar-refractivity contribution in [3.05, 3.63) is 47.5 Å². The summed E-state index contributed by atoms with van der Waals surface area (Å²) < 4.78 is 21.3. The van der Waals surface area contributed by atoms with E-state index in [1.54, 1.807) is 46.6 Å². The smallest absolute Gasteiger partial charge is 0.414 e. The highest BCUT2D eigenvalue weighted by Crippen LogP contribution is 2.27. The van der Waals surface area contributed by atoms with E-state index in [1.807, 2.05) is 23.1 Å². The summed E-state index contributed by atoms with van der Waals surface area (Å²) in [6, 6.07) is 11.1. The van der Waals surface area contributed by atoms with Gasteiger partial charge in [0.25, 0.3) is 5.91 Å². The molecule has 2 aromatic rings. The normalized spacial score (nSPS) is 13.2. The molecule has 1 fully saturated rings. The van der Waals surface area contributed by atoms with Gasteiger partial charge < -0.3 is 34.1 Å². The molecular formula is C24H30N2O9. The fraction of sp³-hybridized carbons (Fsp3) is 0.375. The molecule has 1 aliphatic heterocycles. The molecule has 1 heterocycles. The number of carboxylic acid groups (broad SMARTS) is 2. The van der Waals surface area contributed by atoms with Crippen molar-refractivity contribution in [1.82, 2.24) is 9.80 Å². The fourth-order valence-electron chi connectivity index (χ4n) is 3.45. The van der Waals surface area contributed by atoms with E-state index in [0.29, 0.717) is 30.2 Å². The lowest BCUT2D eigenvalue weighted by atomic mass is 10.1. The number of piperazine rings is 1. The number of methoxy groups -OCH3 is 4. The number of amides is 1. The number of benzene rings is 2. The second-order valence-electron chi connectivity index (χ2n) is 7.46. The van der Waals surface area contributed by atoms with E-state index in [1.165, 1.54) is 0 Å². The Morgan fingerprint density at radius 1 is 0.743 bits per heavy atom. The second-order valence-corrected chi connectivity index (χ2v) is 7.46. The highest BCUT2D eigenvalue weighted by Gasteiger charge is 2.24. The molecule has 1 amide bonds. The summed E-state index contributed by atoms with van der Waals surface area (Å²) in [6.45, 7) is 3.68. The lowest BCUT2D eigenvalue weighted by molar-refractivity contribution is -0.159. The van der Waals surface area contributed by atoms with Gasteiger partial charge in [0.15, 0.2) is 0 Å². The number of nitrogens with zero attached hydrogens (tertiary/aromatic N) is 2. The van der Waals surface area contributed by atoms with Gasteiger partial charge in [-0.05, 0) is 18.2 Å². The van der Waals surface area contributed by atoms with E-state index in [2.05, 4.69) is 4.90 Å². The van der Waals surface area contributed by atoms with Crippen LogP contribution in [0.4, 0.5) is 0 Å². The molecule has 0 radical (unpaired) electrons. The molecular weight excluding hydrogens is 460 g/mol. The number of carbonyl (C=O) groups excluding carboxylic acids is 1. The van der Waals surface area contributed by atoms with Gasteiger partial charge in [0, 0.05) is 56.0 Å². The Balaban J connectivity index is 0.000000641. The molecule has 0 unspecified atom stereocenters. The Labute approximate surface area is 203 Å². The van der Waals surface area contributed by atoms with Crippen molar-refractivity contribution in [3.8, 4) is 23.0 Å². The van der Waals surface area contributed by atoms with Gasteiger partial charge in [-0.3, -0.25) is 9.69 Å². The third-order valence-corrected chi connectivity index (χ3v) is 5.33. The van der Waals surface area contributed by atoms with Crippen molar-refractivity contribution in [3.63, 3.8) is 0 Å². The molecule has 1 aliphatic rings. The minimum atomic E-state index is -1.82. The zero-order chi connectivity index (χ0) is 26.0. The molecule has 11 nitrogen and oxygen atoms in total. The Morgan fingerprint density at radius 2 is 1.29 bits per heavy atom. The summed E-state index contributed by atoms with van der Waals surface area (Å²) in [5.41, 5.74) is 1.68. The maximum absolute atomic E-state index is 12.9. The van der Waals surface area contributed by atoms with Crippen LogP contribution in [0.2, 0.25) is 0 Å². The maximum Gasteiger partial charge on any atom is 0.414 e. The molecule has 1 saturated heterocycles. The molecule has 0 atom stereocenters. The summed E-state index contributed by atoms with van der Waals surface area (Å²) >= 11 is 0. The van der Waals surface area contributed by atoms with Gasteiger partial charge in [0.2, 0.25) is 0 Å². The lowest BCUT2D eigenvalue weighted by Crippen LogP contribution is -2.48. The Morgan fingerprint density at radius 3 is 1.74 bits per heavy atom. The quantitative estimate of drug-likeness (QED) is 0.554. The molecule has 190 valence electrons. The third kappa shape index (κ3) is 7.78. The average molecular weight is 491 g/mol. The number of hydrogen-bond acceptors (Lipinski definition) is 8. The van der Waals surface area contributed by atoms with Gasteiger partial charge in [-0.1, -0.05) is 6.07 Å². The summed E-state index contributed by atoms with van der Waals surface area (Å²) in [7, 11) is 6.46. The van der Waals surface area contributed by atoms with Crippen LogP contribution in [0.3, 0.4) is 0 Å². The number of aliphatic carboxylic acids is 2. The number of ether oxygens (including phenoxy) is 4. The van der Waals surface area contributed by atoms with E-state index < -0.39 is 11.9 Å². The highest BCUT2D eigenvalue weighted by molar-refractivity contribution is 6.27. The van der Waals surface area contributed by atoms with E-state index in [9.17, 15) is 4.79 Å². The number of carboxylic acids is 2. The van der Waals surface area contributed by atoms with Crippen LogP contribution in [0.15, 0.2) is 36.4 Å². The Kier molecular flexibility index (Phi) is 10.2. The third-order valence-electron chi connectivity index (χ3n) is 5.33. The number of carbonyl (C=O) groups is 3. The standard InChI is InChI=1S/C22H28N2O5.C2H2O4/c1-26-18-6-5-16(21(14-18)29-4)15-23-7-9-24(10-8-23)22(25)17-11-19(27-2)13-20(12-17)28-3;3-1(4)2(5)6/h5-6,11-14H,7-10,15H2,1-4H3;(H,3,4)(H,5,6). The van der Waals surface area contributed by atoms with Gasteiger partial charge in [0.1, 0.15) is 23.0 Å². The average Bonchev–Trinajstić information content (AvgIpc) is 2.88. The molecule has 0 aromatic heterocycles. The van der Waals surface area contributed by atoms with Crippen LogP contribution in [0.25, 0.3) is 0 Å². The molecule has 11 heteroatoms. The topological polar surface area (TPSA) is 135 Å². The van der Waals surface area contributed by atoms with E-state index in [-0.39, 0.29) is 5.91 Å². The minimum Gasteiger partial charge on any atom is -0.497 e. The first kappa shape index (κ1) is 27.3. The molecule has 0 spiro atoms. The van der Waals surface area contributed by atoms with Gasteiger partial charge in [-0.15, -0.1) is 0 Å². The molecule has 0 bridgehead atoms. The predicted octanol–water partition coefficient (Wildman–Crippen LogP) is 1.83. The van der Waals surface area contributed by atoms with Crippen LogP contribution >= 0.6 is 0 Å². The van der Waals surface area contributed by atoms with Crippen molar-refractivity contribution >= 4 is 17.8 Å². The highest BCUT2D eigenvalue weighted by atomic mass is 16.5. The van der Waals surface area contributed by atoms with Crippen molar-refractivity contribution < 1.29 is 43.5 Å². The van der Waals surface area contributed by atoms with Gasteiger partial charge in [-0.25, -0.2) is 9.59 Å². The van der Waals surface area contributed by atoms with Gasteiger partial charge in [-0.2, -0.15) is 0 Å². The van der Waals surface area contributed by atoms with Crippen molar-refractivity contribution in [1.29, 1.82) is 0 Å². The largest absolute Gasteiger partial charge is 0.497 e. The SMILES string of the molecule is COc1cc(OC)cc(C(=O)N2CCN(Cc3ccc(OC)cc3OC)CC2)c1.O=C(O)C(=O)O. The molecule has 2 N–H and O–H groups in total. The van der Waals surface area contributed by atoms with E-state index >= 15 is 0 Å². The maximum atomic E-state index is 12.9. The molecule has 3 rings (SSSR count). The predicted molar refractivity (Wildman–Crippen MR) is 126 cm³/mol. The van der Waals surface area contributed by atoms with Crippen LogP contribution in [-0.2, 0) is 16.1 Å². The summed E-state index contributed by atoms with van der Waals surface area (Å²) in [6.07, 6.45) is 0. The summed E-state index contributed by atoms with van der Waals surface area (Å²) in [5, 5.41) is 14.8. The summed E-state index contributed by atoms with van der Waals surface area (Å²) in [4.78, 5) is 35.3. The Hall–Kier alpha value is -3.99. The second kappa shape index (κ2) is 13.0. The molecule has 0 saturated carbocycles. The van der Waals surface area contributed by atoms with Crippen LogP contribution in [0.5, 0.6) is 23.0 Å². The summed E-state index contributed by atoms with van der Waals surface area (Å²) in [5.74, 6) is -0.856. The van der Waals surface area contributed by atoms with Gasteiger partial charge in [0.05, 0.1) is 28.4 Å². The van der Waals surface area contributed by atoms with E-state index in [4.69, 9.17) is 38.7 Å². The molecule has 0 aliphatic carbocycles. The fourth-order valence-corrected chi connectivity index (χ4v) is 3.45. The monoisotopic (exact) mass is 490 g/mol. The number of hydrogen-bond donors (Lipinski definition) is 2. The minimum absolute atomic E-state index is 0.0103. The number of rotatable bonds is 7. The zero-order valence-electron chi connectivity index (χ0n) is 20.1. The molecule has 35 heavy (non-hydrogen) atoms. The van der Waals surface area contributed by atoms with Crippen LogP contribution in [-0.4, -0.2) is 92.5 Å². The zero-order valence-corrected chi connectivity index (χ0v) is 20.1. The van der Waals surface area contributed by atoms with E-state index in [0.717, 1.165) is 36.7 Å². The van der Waals surface area contributed by atoms with Crippen molar-refractivity contribution in [2.24, 2.45) is 0 Å². The molecule has 2 aromatic carbocycles. The van der Waals surface area contributed by atoms with Crippen LogP contribution in [0.1, 0.15) is 15.9 Å². The Bertz CT molecular complexity index is 999.